The molecule has 0 spiro atoms. The van der Waals surface area contributed by atoms with Gasteiger partial charge in [0.25, 0.3) is 0 Å². The Labute approximate surface area is 126 Å². The maximum Gasteiger partial charge on any atom is 0.345 e. The van der Waals surface area contributed by atoms with Crippen LogP contribution in [-0.2, 0) is 0 Å². The number of carboxylic acid groups (broad SMARTS) is 2. The van der Waals surface area contributed by atoms with E-state index >= 15 is 0 Å². The highest BCUT2D eigenvalue weighted by molar-refractivity contribution is 9.11. The first-order chi connectivity index (χ1) is 8.81. The molecule has 19 heavy (non-hydrogen) atoms. The summed E-state index contributed by atoms with van der Waals surface area (Å²) in [6, 6.07) is 3.31. The van der Waals surface area contributed by atoms with Gasteiger partial charge >= 0.3 is 11.9 Å². The molecule has 4 nitrogen and oxygen atoms in total. The normalized spacial score (nSPS) is 9.63. The van der Waals surface area contributed by atoms with Crippen molar-refractivity contribution in [2.24, 2.45) is 0 Å². The maximum absolute atomic E-state index is 10.4. The van der Waals surface area contributed by atoms with Gasteiger partial charge in [-0.25, -0.2) is 9.59 Å². The van der Waals surface area contributed by atoms with Gasteiger partial charge in [-0.05, 0) is 58.4 Å². The van der Waals surface area contributed by atoms with E-state index in [0.717, 1.165) is 14.9 Å². The molecule has 0 fully saturated rings. The lowest BCUT2D eigenvalue weighted by atomic mass is 10.3. The lowest BCUT2D eigenvalue weighted by Crippen LogP contribution is -1.89. The van der Waals surface area contributed by atoms with E-state index in [0.29, 0.717) is 9.75 Å². The fourth-order valence-corrected chi connectivity index (χ4v) is 3.22. The number of carboxylic acids is 2. The topological polar surface area (TPSA) is 74.6 Å². The summed E-state index contributed by atoms with van der Waals surface area (Å²) in [7, 11) is 0. The minimum atomic E-state index is -0.862. The van der Waals surface area contributed by atoms with Crippen LogP contribution in [0.15, 0.2) is 21.3 Å². The molecule has 0 aliphatic heterocycles. The SMILES string of the molecule is Cc1cc(C(=O)O)sc1Br.Cc1csc(C(=O)O)c1. The van der Waals surface area contributed by atoms with Crippen LogP contribution in [0.1, 0.15) is 30.5 Å². The van der Waals surface area contributed by atoms with E-state index in [1.54, 1.807) is 12.1 Å². The van der Waals surface area contributed by atoms with E-state index in [1.807, 2.05) is 19.2 Å². The van der Waals surface area contributed by atoms with Crippen molar-refractivity contribution in [2.45, 2.75) is 13.8 Å². The fourth-order valence-electron chi connectivity index (χ4n) is 1.11. The Morgan fingerprint density at radius 3 is 1.89 bits per heavy atom. The molecule has 0 unspecified atom stereocenters. The summed E-state index contributed by atoms with van der Waals surface area (Å²) in [5.41, 5.74) is 1.99. The molecule has 0 aliphatic rings. The number of hydrogen-bond acceptors (Lipinski definition) is 4. The smallest absolute Gasteiger partial charge is 0.345 e. The van der Waals surface area contributed by atoms with Crippen LogP contribution in [0.4, 0.5) is 0 Å². The predicted molar refractivity (Wildman–Crippen MR) is 79.7 cm³/mol. The Morgan fingerprint density at radius 2 is 1.68 bits per heavy atom. The van der Waals surface area contributed by atoms with Gasteiger partial charge in [0.1, 0.15) is 9.75 Å². The van der Waals surface area contributed by atoms with Gasteiger partial charge in [0.2, 0.25) is 0 Å². The summed E-state index contributed by atoms with van der Waals surface area (Å²) < 4.78 is 0.893. The molecule has 0 amide bonds. The zero-order chi connectivity index (χ0) is 14.6. The van der Waals surface area contributed by atoms with Gasteiger partial charge in [0.05, 0.1) is 3.79 Å². The summed E-state index contributed by atoms with van der Waals surface area (Å²) in [5, 5.41) is 18.7. The first-order valence-electron chi connectivity index (χ1n) is 5.09. The molecule has 2 heterocycles. The third-order valence-electron chi connectivity index (χ3n) is 2.01. The van der Waals surface area contributed by atoms with Gasteiger partial charge in [-0.3, -0.25) is 0 Å². The predicted octanol–water partition coefficient (Wildman–Crippen LogP) is 4.27. The third kappa shape index (κ3) is 4.77. The van der Waals surface area contributed by atoms with Gasteiger partial charge in [-0.15, -0.1) is 22.7 Å². The highest BCUT2D eigenvalue weighted by atomic mass is 79.9. The Hall–Kier alpha value is -1.18. The fraction of sp³-hybridized carbons (Fsp3) is 0.167. The average Bonchev–Trinajstić information content (AvgIpc) is 2.88. The molecule has 0 aliphatic carbocycles. The number of aromatic carboxylic acids is 2. The molecular weight excluding hydrogens is 352 g/mol. The van der Waals surface area contributed by atoms with Crippen LogP contribution in [0, 0.1) is 13.8 Å². The Morgan fingerprint density at radius 1 is 1.11 bits per heavy atom. The number of thiophene rings is 2. The molecule has 0 radical (unpaired) electrons. The van der Waals surface area contributed by atoms with Gasteiger partial charge in [-0.1, -0.05) is 0 Å². The van der Waals surface area contributed by atoms with Gasteiger partial charge in [0.15, 0.2) is 0 Å². The van der Waals surface area contributed by atoms with Crippen LogP contribution in [-0.4, -0.2) is 22.2 Å². The second-order valence-electron chi connectivity index (χ2n) is 3.67. The maximum atomic E-state index is 10.4. The molecule has 7 heteroatoms. The minimum Gasteiger partial charge on any atom is -0.477 e. The summed E-state index contributed by atoms with van der Waals surface area (Å²) in [5.74, 6) is -1.70. The zero-order valence-corrected chi connectivity index (χ0v) is 13.4. The Bertz CT molecular complexity index is 581. The van der Waals surface area contributed by atoms with E-state index in [9.17, 15) is 9.59 Å². The molecule has 0 saturated carbocycles. The van der Waals surface area contributed by atoms with Crippen molar-refractivity contribution in [2.75, 3.05) is 0 Å². The van der Waals surface area contributed by atoms with Crippen LogP contribution in [0.3, 0.4) is 0 Å². The van der Waals surface area contributed by atoms with Crippen LogP contribution < -0.4 is 0 Å². The molecular formula is C12H11BrO4S2. The molecule has 0 aromatic carbocycles. The molecule has 2 N–H and O–H groups in total. The van der Waals surface area contributed by atoms with E-state index < -0.39 is 11.9 Å². The molecule has 2 rings (SSSR count). The number of rotatable bonds is 2. The van der Waals surface area contributed by atoms with Crippen molar-refractivity contribution >= 4 is 50.5 Å². The first kappa shape index (κ1) is 15.9. The standard InChI is InChI=1S/C6H5BrO2S.C6H6O2S/c1-3-2-4(6(8)9)10-5(3)7;1-4-2-5(6(7)8)9-3-4/h2H,1H3,(H,8,9);2-3H,1H3,(H,7,8). The van der Waals surface area contributed by atoms with Crippen molar-refractivity contribution in [1.29, 1.82) is 0 Å². The van der Waals surface area contributed by atoms with Gasteiger partial charge in [0, 0.05) is 0 Å². The second-order valence-corrected chi connectivity index (χ2v) is 6.95. The van der Waals surface area contributed by atoms with Crippen molar-refractivity contribution in [3.05, 3.63) is 42.2 Å². The number of hydrogen-bond donors (Lipinski definition) is 2. The summed E-state index contributed by atoms with van der Waals surface area (Å²) >= 11 is 5.74. The molecule has 2 aromatic rings. The minimum absolute atomic E-state index is 0.379. The summed E-state index contributed by atoms with van der Waals surface area (Å²) in [6.45, 7) is 3.75. The number of aryl methyl sites for hydroxylation is 2. The van der Waals surface area contributed by atoms with E-state index in [-0.39, 0.29) is 0 Å². The first-order valence-corrected chi connectivity index (χ1v) is 7.58. The summed E-state index contributed by atoms with van der Waals surface area (Å²) in [4.78, 5) is 21.4. The van der Waals surface area contributed by atoms with Crippen molar-refractivity contribution in [3.63, 3.8) is 0 Å². The third-order valence-corrected chi connectivity index (χ3v) is 5.17. The molecule has 0 atom stereocenters. The quantitative estimate of drug-likeness (QED) is 0.836. The highest BCUT2D eigenvalue weighted by Crippen LogP contribution is 2.26. The van der Waals surface area contributed by atoms with Gasteiger partial charge in [-0.2, -0.15) is 0 Å². The lowest BCUT2D eigenvalue weighted by Gasteiger charge is -1.79. The second kappa shape index (κ2) is 6.83. The zero-order valence-electron chi connectivity index (χ0n) is 10.1. The number of halogens is 1. The van der Waals surface area contributed by atoms with Crippen LogP contribution in [0.5, 0.6) is 0 Å². The summed E-state index contributed by atoms with van der Waals surface area (Å²) in [6.07, 6.45) is 0. The van der Waals surface area contributed by atoms with Crippen molar-refractivity contribution < 1.29 is 19.8 Å². The molecule has 2 aromatic heterocycles. The van der Waals surface area contributed by atoms with E-state index in [1.165, 1.54) is 22.7 Å². The monoisotopic (exact) mass is 362 g/mol. The van der Waals surface area contributed by atoms with Crippen LogP contribution >= 0.6 is 38.6 Å². The molecule has 102 valence electrons. The van der Waals surface area contributed by atoms with Crippen molar-refractivity contribution in [1.82, 2.24) is 0 Å². The van der Waals surface area contributed by atoms with Crippen LogP contribution in [0.2, 0.25) is 0 Å². The Kier molecular flexibility index (Phi) is 5.71. The molecule has 0 bridgehead atoms. The lowest BCUT2D eigenvalue weighted by molar-refractivity contribution is 0.0691. The van der Waals surface area contributed by atoms with Crippen LogP contribution in [0.25, 0.3) is 0 Å². The largest absolute Gasteiger partial charge is 0.477 e. The number of carbonyl (C=O) groups is 2. The van der Waals surface area contributed by atoms with E-state index in [4.69, 9.17) is 10.2 Å². The van der Waals surface area contributed by atoms with E-state index in [2.05, 4.69) is 15.9 Å². The molecule has 0 saturated heterocycles. The highest BCUT2D eigenvalue weighted by Gasteiger charge is 2.08. The van der Waals surface area contributed by atoms with Crippen molar-refractivity contribution in [3.8, 4) is 0 Å². The average molecular weight is 363 g/mol. The Balaban J connectivity index is 0.000000191. The van der Waals surface area contributed by atoms with Gasteiger partial charge < -0.3 is 10.2 Å².